The lowest BCUT2D eigenvalue weighted by atomic mass is 10.2. The van der Waals surface area contributed by atoms with Crippen molar-refractivity contribution in [2.45, 2.75) is 5.75 Å². The number of pyridine rings is 1. The second-order valence-electron chi connectivity index (χ2n) is 4.91. The summed E-state index contributed by atoms with van der Waals surface area (Å²) in [6.45, 7) is 0. The van der Waals surface area contributed by atoms with Crippen LogP contribution in [-0.4, -0.2) is 21.6 Å². The maximum absolute atomic E-state index is 11.9. The highest BCUT2D eigenvalue weighted by molar-refractivity contribution is 7.99. The van der Waals surface area contributed by atoms with Gasteiger partial charge in [0.1, 0.15) is 5.01 Å². The fourth-order valence-electron chi connectivity index (χ4n) is 2.02. The molecule has 1 aromatic carbocycles. The zero-order valence-electron chi connectivity index (χ0n) is 12.6. The van der Waals surface area contributed by atoms with Crippen molar-refractivity contribution >= 4 is 46.3 Å². The van der Waals surface area contributed by atoms with Crippen LogP contribution < -0.4 is 5.32 Å². The number of benzene rings is 1. The Hall–Kier alpha value is -1.89. The average Bonchev–Trinajstić information content (AvgIpc) is 3.04. The number of anilines is 1. The molecule has 0 unspecified atom stereocenters. The van der Waals surface area contributed by atoms with E-state index in [4.69, 9.17) is 11.6 Å². The van der Waals surface area contributed by atoms with Crippen LogP contribution in [0.3, 0.4) is 0 Å². The number of hydrogen-bond donors (Lipinski definition) is 1. The molecule has 0 radical (unpaired) electrons. The monoisotopic (exact) mass is 375 g/mol. The lowest BCUT2D eigenvalue weighted by Crippen LogP contribution is -2.14. The highest BCUT2D eigenvalue weighted by atomic mass is 35.5. The van der Waals surface area contributed by atoms with Gasteiger partial charge in [0.15, 0.2) is 0 Å². The second-order valence-corrected chi connectivity index (χ2v) is 7.44. The summed E-state index contributed by atoms with van der Waals surface area (Å²) in [5.74, 6) is 1.03. The quantitative estimate of drug-likeness (QED) is 0.676. The molecule has 0 spiro atoms. The van der Waals surface area contributed by atoms with E-state index in [0.29, 0.717) is 22.2 Å². The predicted molar refractivity (Wildman–Crippen MR) is 102 cm³/mol. The highest BCUT2D eigenvalue weighted by Gasteiger charge is 2.07. The number of thioether (sulfide) groups is 1. The van der Waals surface area contributed by atoms with Crippen molar-refractivity contribution in [3.63, 3.8) is 0 Å². The lowest BCUT2D eigenvalue weighted by molar-refractivity contribution is -0.113. The van der Waals surface area contributed by atoms with E-state index in [-0.39, 0.29) is 5.91 Å². The number of carbonyl (C=O) groups is 1. The van der Waals surface area contributed by atoms with Crippen LogP contribution in [0.25, 0.3) is 10.4 Å². The molecule has 2 heterocycles. The Kier molecular flexibility index (Phi) is 5.85. The summed E-state index contributed by atoms with van der Waals surface area (Å²) >= 11 is 9.07. The number of halogens is 1. The van der Waals surface area contributed by atoms with Crippen LogP contribution >= 0.6 is 34.7 Å². The minimum Gasteiger partial charge on any atom is -0.325 e. The summed E-state index contributed by atoms with van der Waals surface area (Å²) in [7, 11) is 0. The van der Waals surface area contributed by atoms with Gasteiger partial charge in [-0.05, 0) is 35.9 Å². The van der Waals surface area contributed by atoms with Gasteiger partial charge >= 0.3 is 0 Å². The molecule has 1 N–H and O–H groups in total. The van der Waals surface area contributed by atoms with Gasteiger partial charge in [-0.25, -0.2) is 4.98 Å². The van der Waals surface area contributed by atoms with Crippen molar-refractivity contribution in [1.82, 2.24) is 9.97 Å². The first-order valence-corrected chi connectivity index (χ1v) is 9.54. The molecule has 24 heavy (non-hydrogen) atoms. The molecule has 0 aliphatic carbocycles. The van der Waals surface area contributed by atoms with Gasteiger partial charge in [-0.1, -0.05) is 17.7 Å². The largest absolute Gasteiger partial charge is 0.325 e. The molecule has 0 saturated heterocycles. The Labute approximate surface area is 153 Å². The average molecular weight is 376 g/mol. The predicted octanol–water partition coefficient (Wildman–Crippen LogP) is 4.73. The molecular weight excluding hydrogens is 362 g/mol. The van der Waals surface area contributed by atoms with Crippen LogP contribution in [0, 0.1) is 0 Å². The Balaban J connectivity index is 1.48. The van der Waals surface area contributed by atoms with Crippen LogP contribution in [0.5, 0.6) is 0 Å². The van der Waals surface area contributed by atoms with Crippen LogP contribution in [0.4, 0.5) is 5.69 Å². The molecule has 0 atom stereocenters. The lowest BCUT2D eigenvalue weighted by Gasteiger charge is -2.04. The van der Waals surface area contributed by atoms with Gasteiger partial charge in [0.25, 0.3) is 0 Å². The number of thiazole rings is 1. The van der Waals surface area contributed by atoms with Gasteiger partial charge in [0.2, 0.25) is 5.91 Å². The zero-order chi connectivity index (χ0) is 16.8. The molecule has 3 aromatic rings. The summed E-state index contributed by atoms with van der Waals surface area (Å²) in [6.07, 6.45) is 5.40. The summed E-state index contributed by atoms with van der Waals surface area (Å²) in [5.41, 5.74) is 1.82. The molecular formula is C17H14ClN3OS2. The number of nitrogens with zero attached hydrogens (tertiary/aromatic N) is 2. The van der Waals surface area contributed by atoms with E-state index in [1.54, 1.807) is 41.9 Å². The Bertz CT molecular complexity index is 823. The van der Waals surface area contributed by atoms with E-state index < -0.39 is 0 Å². The van der Waals surface area contributed by atoms with E-state index in [1.807, 2.05) is 24.4 Å². The molecule has 0 aliphatic rings. The van der Waals surface area contributed by atoms with E-state index in [0.717, 1.165) is 15.4 Å². The molecule has 0 saturated carbocycles. The van der Waals surface area contributed by atoms with Crippen LogP contribution in [0.2, 0.25) is 5.02 Å². The number of rotatable bonds is 6. The third-order valence-corrected chi connectivity index (χ3v) is 5.49. The van der Waals surface area contributed by atoms with Crippen molar-refractivity contribution in [2.75, 3.05) is 11.1 Å². The van der Waals surface area contributed by atoms with Gasteiger partial charge < -0.3 is 5.32 Å². The van der Waals surface area contributed by atoms with Gasteiger partial charge in [-0.2, -0.15) is 0 Å². The standard InChI is InChI=1S/C17H14ClN3OS2/c18-13-2-1-3-14(8-13)21-16(22)10-23-11-17-20-9-15(24-17)12-4-6-19-7-5-12/h1-9H,10-11H2,(H,21,22). The second kappa shape index (κ2) is 8.28. The fourth-order valence-corrected chi connectivity index (χ4v) is 4.02. The van der Waals surface area contributed by atoms with Crippen molar-refractivity contribution in [2.24, 2.45) is 0 Å². The fraction of sp³-hybridized carbons (Fsp3) is 0.118. The normalized spacial score (nSPS) is 10.5. The molecule has 2 aromatic heterocycles. The number of amides is 1. The smallest absolute Gasteiger partial charge is 0.234 e. The Morgan fingerprint density at radius 2 is 2.08 bits per heavy atom. The van der Waals surface area contributed by atoms with E-state index in [9.17, 15) is 4.79 Å². The van der Waals surface area contributed by atoms with E-state index in [2.05, 4.69) is 15.3 Å². The van der Waals surface area contributed by atoms with Crippen molar-refractivity contribution in [3.8, 4) is 10.4 Å². The number of aromatic nitrogens is 2. The maximum atomic E-state index is 11.9. The Morgan fingerprint density at radius 1 is 1.25 bits per heavy atom. The molecule has 122 valence electrons. The summed E-state index contributed by atoms with van der Waals surface area (Å²) in [4.78, 5) is 21.5. The SMILES string of the molecule is O=C(CSCc1ncc(-c2ccncc2)s1)Nc1cccc(Cl)c1. The van der Waals surface area contributed by atoms with Crippen LogP contribution in [-0.2, 0) is 10.5 Å². The molecule has 1 amide bonds. The topological polar surface area (TPSA) is 54.9 Å². The number of carbonyl (C=O) groups excluding carboxylic acids is 1. The first-order valence-electron chi connectivity index (χ1n) is 7.19. The molecule has 7 heteroatoms. The van der Waals surface area contributed by atoms with Gasteiger partial charge in [-0.3, -0.25) is 9.78 Å². The number of hydrogen-bond acceptors (Lipinski definition) is 5. The molecule has 0 fully saturated rings. The van der Waals surface area contributed by atoms with E-state index in [1.165, 1.54) is 11.8 Å². The highest BCUT2D eigenvalue weighted by Crippen LogP contribution is 2.27. The summed E-state index contributed by atoms with van der Waals surface area (Å²) < 4.78 is 0. The molecule has 4 nitrogen and oxygen atoms in total. The van der Waals surface area contributed by atoms with Gasteiger partial charge in [-0.15, -0.1) is 23.1 Å². The maximum Gasteiger partial charge on any atom is 0.234 e. The van der Waals surface area contributed by atoms with Crippen molar-refractivity contribution in [3.05, 3.63) is 65.0 Å². The Morgan fingerprint density at radius 3 is 2.88 bits per heavy atom. The minimum absolute atomic E-state index is 0.0480. The first-order chi connectivity index (χ1) is 11.7. The summed E-state index contributed by atoms with van der Waals surface area (Å²) in [5, 5.41) is 4.44. The van der Waals surface area contributed by atoms with Gasteiger partial charge in [0.05, 0.1) is 10.6 Å². The third kappa shape index (κ3) is 4.80. The van der Waals surface area contributed by atoms with Crippen molar-refractivity contribution in [1.29, 1.82) is 0 Å². The van der Waals surface area contributed by atoms with Crippen LogP contribution in [0.1, 0.15) is 5.01 Å². The summed E-state index contributed by atoms with van der Waals surface area (Å²) in [6, 6.07) is 11.0. The zero-order valence-corrected chi connectivity index (χ0v) is 15.0. The van der Waals surface area contributed by atoms with Crippen molar-refractivity contribution < 1.29 is 4.79 Å². The number of nitrogens with one attached hydrogen (secondary N) is 1. The van der Waals surface area contributed by atoms with Crippen LogP contribution in [0.15, 0.2) is 55.0 Å². The third-order valence-electron chi connectivity index (χ3n) is 3.09. The van der Waals surface area contributed by atoms with E-state index >= 15 is 0 Å². The minimum atomic E-state index is -0.0480. The molecule has 3 rings (SSSR count). The van der Waals surface area contributed by atoms with Gasteiger partial charge in [0, 0.05) is 35.1 Å². The molecule has 0 bridgehead atoms. The first kappa shape index (κ1) is 17.0. The molecule has 0 aliphatic heterocycles.